The van der Waals surface area contributed by atoms with Crippen molar-refractivity contribution in [2.75, 3.05) is 0 Å². The molecule has 0 atom stereocenters. The average Bonchev–Trinajstić information content (AvgIpc) is 2.85. The van der Waals surface area contributed by atoms with E-state index in [1.54, 1.807) is 42.8 Å². The van der Waals surface area contributed by atoms with Crippen LogP contribution in [0.2, 0.25) is 0 Å². The van der Waals surface area contributed by atoms with Gasteiger partial charge in [0, 0.05) is 12.1 Å². The van der Waals surface area contributed by atoms with Gasteiger partial charge in [-0.1, -0.05) is 6.92 Å². The lowest BCUT2D eigenvalue weighted by atomic mass is 10.2. The van der Waals surface area contributed by atoms with Crippen LogP contribution in [0, 0.1) is 13.8 Å². The monoisotopic (exact) mass is 311 g/mol. The van der Waals surface area contributed by atoms with Gasteiger partial charge in [0.05, 0.1) is 22.3 Å². The summed E-state index contributed by atoms with van der Waals surface area (Å²) in [5.41, 5.74) is 2.85. The van der Waals surface area contributed by atoms with Gasteiger partial charge in [-0.25, -0.2) is 4.68 Å². The van der Waals surface area contributed by atoms with Crippen LogP contribution in [0.4, 0.5) is 0 Å². The minimum Gasteiger partial charge on any atom is -0.427 e. The zero-order valence-electron chi connectivity index (χ0n) is 13.2. The maximum Gasteiger partial charge on any atom is 0.310 e. The van der Waals surface area contributed by atoms with Gasteiger partial charge < -0.3 is 9.72 Å². The fourth-order valence-electron chi connectivity index (χ4n) is 2.50. The van der Waals surface area contributed by atoms with Gasteiger partial charge in [-0.05, 0) is 44.2 Å². The summed E-state index contributed by atoms with van der Waals surface area (Å²) in [5, 5.41) is 5.04. The molecule has 1 N–H and O–H groups in total. The van der Waals surface area contributed by atoms with Gasteiger partial charge in [0.1, 0.15) is 5.75 Å². The number of H-pyrrole nitrogens is 1. The van der Waals surface area contributed by atoms with Gasteiger partial charge in [0.25, 0.3) is 5.56 Å². The molecule has 0 aliphatic heterocycles. The summed E-state index contributed by atoms with van der Waals surface area (Å²) in [7, 11) is 0. The molecule has 0 bridgehead atoms. The summed E-state index contributed by atoms with van der Waals surface area (Å²) in [5.74, 6) is 0.211. The first-order chi connectivity index (χ1) is 11.0. The molecule has 118 valence electrons. The molecule has 2 heterocycles. The fraction of sp³-hybridized carbons (Fsp3) is 0.235. The molecule has 3 rings (SSSR count). The highest BCUT2D eigenvalue weighted by atomic mass is 16.5. The minimum atomic E-state index is -0.278. The average molecular weight is 311 g/mol. The number of hydrogen-bond acceptors (Lipinski definition) is 4. The third kappa shape index (κ3) is 2.75. The number of nitrogens with one attached hydrogen (secondary N) is 1. The number of fused-ring (bicyclic) bond motifs is 1. The van der Waals surface area contributed by atoms with Crippen LogP contribution < -0.4 is 10.3 Å². The van der Waals surface area contributed by atoms with Crippen LogP contribution in [0.25, 0.3) is 16.6 Å². The Kier molecular flexibility index (Phi) is 3.73. The lowest BCUT2D eigenvalue weighted by Gasteiger charge is -2.06. The van der Waals surface area contributed by atoms with E-state index in [4.69, 9.17) is 4.74 Å². The molecule has 0 saturated heterocycles. The maximum atomic E-state index is 12.1. The molecule has 6 heteroatoms. The quantitative estimate of drug-likeness (QED) is 0.596. The van der Waals surface area contributed by atoms with Crippen molar-refractivity contribution in [2.45, 2.75) is 27.2 Å². The predicted molar refractivity (Wildman–Crippen MR) is 87.1 cm³/mol. The van der Waals surface area contributed by atoms with E-state index >= 15 is 0 Å². The summed E-state index contributed by atoms with van der Waals surface area (Å²) in [6.07, 6.45) is 0.326. The van der Waals surface area contributed by atoms with Crippen LogP contribution in [0.3, 0.4) is 0 Å². The van der Waals surface area contributed by atoms with Crippen molar-refractivity contribution in [1.82, 2.24) is 14.8 Å². The summed E-state index contributed by atoms with van der Waals surface area (Å²) in [6, 6.07) is 8.93. The minimum absolute atomic E-state index is 0.141. The summed E-state index contributed by atoms with van der Waals surface area (Å²) < 4.78 is 6.88. The highest BCUT2D eigenvalue weighted by Gasteiger charge is 2.13. The first kappa shape index (κ1) is 15.0. The molecule has 0 saturated carbocycles. The van der Waals surface area contributed by atoms with E-state index in [9.17, 15) is 9.59 Å². The standard InChI is InChI=1S/C17H17N3O3/c1-4-15(21)23-13-7-5-12(6-8-13)20-14-9-10(2)18-17(22)16(14)11(3)19-20/h5-9H,4H2,1-3H3,(H,18,22). The Morgan fingerprint density at radius 3 is 2.61 bits per heavy atom. The number of aryl methyl sites for hydroxylation is 2. The van der Waals surface area contributed by atoms with Gasteiger partial charge in [-0.15, -0.1) is 0 Å². The van der Waals surface area contributed by atoms with E-state index < -0.39 is 0 Å². The number of aromatic nitrogens is 3. The van der Waals surface area contributed by atoms with Crippen molar-refractivity contribution >= 4 is 16.9 Å². The van der Waals surface area contributed by atoms with Gasteiger partial charge >= 0.3 is 5.97 Å². The molecule has 0 radical (unpaired) electrons. The Bertz CT molecular complexity index is 936. The van der Waals surface area contributed by atoms with Crippen LogP contribution in [0.15, 0.2) is 35.1 Å². The predicted octanol–water partition coefficient (Wildman–Crippen LogP) is 2.65. The fourth-order valence-corrected chi connectivity index (χ4v) is 2.50. The Hall–Kier alpha value is -2.89. The van der Waals surface area contributed by atoms with Crippen LogP contribution in [-0.2, 0) is 4.79 Å². The second-order valence-corrected chi connectivity index (χ2v) is 5.36. The number of hydrogen-bond donors (Lipinski definition) is 1. The van der Waals surface area contributed by atoms with Crippen LogP contribution in [0.5, 0.6) is 5.75 Å². The van der Waals surface area contributed by atoms with Crippen molar-refractivity contribution in [1.29, 1.82) is 0 Å². The van der Waals surface area contributed by atoms with Crippen LogP contribution in [0.1, 0.15) is 24.7 Å². The molecular weight excluding hydrogens is 294 g/mol. The smallest absolute Gasteiger partial charge is 0.310 e. The number of rotatable bonds is 3. The van der Waals surface area contributed by atoms with E-state index in [0.29, 0.717) is 23.3 Å². The molecule has 3 aromatic rings. The Morgan fingerprint density at radius 1 is 1.26 bits per heavy atom. The first-order valence-electron chi connectivity index (χ1n) is 7.40. The number of benzene rings is 1. The highest BCUT2D eigenvalue weighted by Crippen LogP contribution is 2.21. The number of aromatic amines is 1. The Morgan fingerprint density at radius 2 is 1.96 bits per heavy atom. The molecule has 0 spiro atoms. The molecule has 0 unspecified atom stereocenters. The Balaban J connectivity index is 2.07. The Labute approximate surface area is 132 Å². The number of esters is 1. The zero-order chi connectivity index (χ0) is 16.6. The molecule has 0 aliphatic carbocycles. The molecule has 0 amide bonds. The first-order valence-corrected chi connectivity index (χ1v) is 7.40. The molecule has 2 aromatic heterocycles. The molecule has 0 fully saturated rings. The summed E-state index contributed by atoms with van der Waals surface area (Å²) in [4.78, 5) is 26.2. The van der Waals surface area contributed by atoms with Crippen molar-refractivity contribution in [2.24, 2.45) is 0 Å². The lowest BCUT2D eigenvalue weighted by Crippen LogP contribution is -2.08. The SMILES string of the molecule is CCC(=O)Oc1ccc(-n2nc(C)c3c(=O)[nH]c(C)cc32)cc1. The van der Waals surface area contributed by atoms with Crippen molar-refractivity contribution in [3.63, 3.8) is 0 Å². The van der Waals surface area contributed by atoms with Crippen LogP contribution in [-0.4, -0.2) is 20.7 Å². The van der Waals surface area contributed by atoms with Crippen LogP contribution >= 0.6 is 0 Å². The molecule has 0 aliphatic rings. The second kappa shape index (κ2) is 5.72. The largest absolute Gasteiger partial charge is 0.427 e. The van der Waals surface area contributed by atoms with Gasteiger partial charge in [-0.3, -0.25) is 9.59 Å². The molecule has 23 heavy (non-hydrogen) atoms. The van der Waals surface area contributed by atoms with Gasteiger partial charge in [-0.2, -0.15) is 5.10 Å². The number of pyridine rings is 1. The lowest BCUT2D eigenvalue weighted by molar-refractivity contribution is -0.134. The number of ether oxygens (including phenoxy) is 1. The highest BCUT2D eigenvalue weighted by molar-refractivity contribution is 5.82. The normalized spacial score (nSPS) is 10.9. The third-order valence-electron chi connectivity index (χ3n) is 3.59. The molecular formula is C17H17N3O3. The topological polar surface area (TPSA) is 77.0 Å². The third-order valence-corrected chi connectivity index (χ3v) is 3.59. The summed E-state index contributed by atoms with van der Waals surface area (Å²) in [6.45, 7) is 5.39. The van der Waals surface area contributed by atoms with Gasteiger partial charge in [0.2, 0.25) is 0 Å². The van der Waals surface area contributed by atoms with E-state index in [0.717, 1.165) is 16.9 Å². The van der Waals surface area contributed by atoms with Crippen molar-refractivity contribution in [3.05, 3.63) is 52.1 Å². The number of nitrogens with zero attached hydrogens (tertiary/aromatic N) is 2. The number of carbonyl (C=O) groups is 1. The second-order valence-electron chi connectivity index (χ2n) is 5.36. The van der Waals surface area contributed by atoms with Crippen molar-refractivity contribution in [3.8, 4) is 11.4 Å². The zero-order valence-corrected chi connectivity index (χ0v) is 13.2. The number of carbonyl (C=O) groups excluding carboxylic acids is 1. The maximum absolute atomic E-state index is 12.1. The molecule has 1 aromatic carbocycles. The molecule has 6 nitrogen and oxygen atoms in total. The van der Waals surface area contributed by atoms with Gasteiger partial charge in [0.15, 0.2) is 0 Å². The van der Waals surface area contributed by atoms with E-state index in [1.165, 1.54) is 0 Å². The van der Waals surface area contributed by atoms with Crippen molar-refractivity contribution < 1.29 is 9.53 Å². The van der Waals surface area contributed by atoms with E-state index in [1.807, 2.05) is 13.0 Å². The van der Waals surface area contributed by atoms with E-state index in [-0.39, 0.29) is 11.5 Å². The van der Waals surface area contributed by atoms with E-state index in [2.05, 4.69) is 10.1 Å². The summed E-state index contributed by atoms with van der Waals surface area (Å²) >= 11 is 0.